The van der Waals surface area contributed by atoms with Crippen LogP contribution in [0.5, 0.6) is 0 Å². The molecular formula is C30H31F6N5O4. The van der Waals surface area contributed by atoms with Gasteiger partial charge in [0.25, 0.3) is 5.69 Å². The molecule has 3 aromatic rings. The van der Waals surface area contributed by atoms with E-state index in [0.29, 0.717) is 64.1 Å². The standard InChI is InChI=1S/C30H31F6N5O4/c31-29(32,33)24-2-1-3-26-23(24)10-6-21(38-26)17-39-12-14-40(15-13-39)28(42)18-45-22-8-4-19(5-9-22)37-20-7-11-27(41(43)44)25(16-20)30(34,35)36/h1-3,6-7,10-11,16,19,22,37H,4-5,8-9,12-15,17-18H2. The molecule has 2 aliphatic rings. The van der Waals surface area contributed by atoms with Crippen LogP contribution in [0.4, 0.5) is 37.7 Å². The van der Waals surface area contributed by atoms with Crippen LogP contribution < -0.4 is 5.32 Å². The first-order valence-electron chi connectivity index (χ1n) is 14.5. The maximum Gasteiger partial charge on any atom is 0.423 e. The van der Waals surface area contributed by atoms with Crippen LogP contribution in [0, 0.1) is 10.1 Å². The molecule has 2 heterocycles. The number of nitro benzene ring substituents is 1. The summed E-state index contributed by atoms with van der Waals surface area (Å²) in [6.45, 7) is 2.44. The molecule has 1 N–H and O–H groups in total. The Balaban J connectivity index is 1.04. The van der Waals surface area contributed by atoms with Gasteiger partial charge in [0.2, 0.25) is 5.91 Å². The zero-order valence-corrected chi connectivity index (χ0v) is 24.0. The van der Waals surface area contributed by atoms with Gasteiger partial charge in [-0.05, 0) is 56.0 Å². The number of carbonyl (C=O) groups is 1. The molecule has 1 amide bonds. The molecule has 1 aromatic heterocycles. The highest BCUT2D eigenvalue weighted by molar-refractivity contribution is 5.83. The minimum absolute atomic E-state index is 0.0536. The lowest BCUT2D eigenvalue weighted by atomic mass is 9.92. The van der Waals surface area contributed by atoms with E-state index in [4.69, 9.17) is 4.74 Å². The number of amides is 1. The van der Waals surface area contributed by atoms with E-state index >= 15 is 0 Å². The zero-order chi connectivity index (χ0) is 32.4. The Morgan fingerprint density at radius 1 is 0.933 bits per heavy atom. The van der Waals surface area contributed by atoms with E-state index in [1.54, 1.807) is 17.0 Å². The second-order valence-electron chi connectivity index (χ2n) is 11.2. The normalized spacial score (nSPS) is 19.9. The number of anilines is 1. The number of fused-ring (bicyclic) bond motifs is 1. The lowest BCUT2D eigenvalue weighted by molar-refractivity contribution is -0.388. The van der Waals surface area contributed by atoms with Crippen molar-refractivity contribution < 1.29 is 40.8 Å². The van der Waals surface area contributed by atoms with Crippen molar-refractivity contribution in [1.82, 2.24) is 14.8 Å². The molecule has 45 heavy (non-hydrogen) atoms. The Morgan fingerprint density at radius 3 is 2.27 bits per heavy atom. The van der Waals surface area contributed by atoms with Crippen molar-refractivity contribution in [3.05, 3.63) is 75.5 Å². The number of carbonyl (C=O) groups excluding carboxylic acids is 1. The average Bonchev–Trinajstić information content (AvgIpc) is 2.99. The summed E-state index contributed by atoms with van der Waals surface area (Å²) in [4.78, 5) is 30.9. The lowest BCUT2D eigenvalue weighted by Gasteiger charge is -2.35. The molecule has 0 spiro atoms. The predicted molar refractivity (Wildman–Crippen MR) is 152 cm³/mol. The van der Waals surface area contributed by atoms with Gasteiger partial charge in [-0.25, -0.2) is 0 Å². The van der Waals surface area contributed by atoms with E-state index in [2.05, 4.69) is 15.2 Å². The van der Waals surface area contributed by atoms with Crippen LogP contribution in [0.2, 0.25) is 0 Å². The van der Waals surface area contributed by atoms with Gasteiger partial charge in [-0.2, -0.15) is 26.3 Å². The topological polar surface area (TPSA) is 101 Å². The van der Waals surface area contributed by atoms with Gasteiger partial charge in [-0.15, -0.1) is 0 Å². The number of benzene rings is 2. The Bertz CT molecular complexity index is 1530. The molecule has 2 aromatic carbocycles. The zero-order valence-electron chi connectivity index (χ0n) is 24.0. The Morgan fingerprint density at radius 2 is 1.62 bits per heavy atom. The number of ether oxygens (including phenoxy) is 1. The van der Waals surface area contributed by atoms with Crippen LogP contribution in [0.3, 0.4) is 0 Å². The van der Waals surface area contributed by atoms with Gasteiger partial charge in [0.1, 0.15) is 12.2 Å². The first-order valence-corrected chi connectivity index (χ1v) is 14.5. The quantitative estimate of drug-likeness (QED) is 0.176. The summed E-state index contributed by atoms with van der Waals surface area (Å²) in [7, 11) is 0. The molecule has 1 aliphatic heterocycles. The third-order valence-corrected chi connectivity index (χ3v) is 8.19. The number of nitro groups is 1. The molecule has 242 valence electrons. The molecule has 2 fully saturated rings. The molecule has 0 bridgehead atoms. The summed E-state index contributed by atoms with van der Waals surface area (Å²) in [6.07, 6.45) is -7.11. The Kier molecular flexibility index (Phi) is 9.49. The van der Waals surface area contributed by atoms with Crippen LogP contribution in [-0.2, 0) is 28.4 Å². The molecule has 5 rings (SSSR count). The lowest BCUT2D eigenvalue weighted by Crippen LogP contribution is -2.49. The third kappa shape index (κ3) is 8.00. The number of pyridine rings is 1. The van der Waals surface area contributed by atoms with Crippen LogP contribution in [0.1, 0.15) is 42.5 Å². The van der Waals surface area contributed by atoms with Crippen LogP contribution >= 0.6 is 0 Å². The highest BCUT2D eigenvalue weighted by Gasteiger charge is 2.39. The van der Waals surface area contributed by atoms with Gasteiger partial charge in [0.05, 0.1) is 27.8 Å². The average molecular weight is 640 g/mol. The number of hydrogen-bond donors (Lipinski definition) is 1. The van der Waals surface area contributed by atoms with Gasteiger partial charge in [0.15, 0.2) is 0 Å². The Labute approximate surface area is 254 Å². The summed E-state index contributed by atoms with van der Waals surface area (Å²) < 4.78 is 85.6. The summed E-state index contributed by atoms with van der Waals surface area (Å²) in [5.74, 6) is -0.149. The minimum atomic E-state index is -4.85. The molecule has 9 nitrogen and oxygen atoms in total. The molecule has 0 radical (unpaired) electrons. The molecule has 0 atom stereocenters. The smallest absolute Gasteiger partial charge is 0.382 e. The number of aromatic nitrogens is 1. The van der Waals surface area contributed by atoms with Gasteiger partial charge in [-0.3, -0.25) is 24.8 Å². The fourth-order valence-corrected chi connectivity index (χ4v) is 5.82. The van der Waals surface area contributed by atoms with Crippen molar-refractivity contribution in [3.63, 3.8) is 0 Å². The fourth-order valence-electron chi connectivity index (χ4n) is 5.82. The molecule has 15 heteroatoms. The Hall–Kier alpha value is -3.98. The molecule has 0 unspecified atom stereocenters. The van der Waals surface area contributed by atoms with Gasteiger partial charge >= 0.3 is 12.4 Å². The second kappa shape index (κ2) is 13.2. The van der Waals surface area contributed by atoms with Crippen molar-refractivity contribution in [2.45, 2.75) is 56.7 Å². The number of alkyl halides is 6. The predicted octanol–water partition coefficient (Wildman–Crippen LogP) is 6.26. The SMILES string of the molecule is O=C(COC1CCC(Nc2ccc([N+](=O)[O-])c(C(F)(F)F)c2)CC1)N1CCN(Cc2ccc3c(C(F)(F)F)cccc3n2)CC1. The molecule has 1 saturated heterocycles. The van der Waals surface area contributed by atoms with Crippen molar-refractivity contribution in [2.24, 2.45) is 0 Å². The van der Waals surface area contributed by atoms with E-state index < -0.39 is 34.1 Å². The maximum absolute atomic E-state index is 13.3. The monoisotopic (exact) mass is 639 g/mol. The molecular weight excluding hydrogens is 608 g/mol. The highest BCUT2D eigenvalue weighted by atomic mass is 19.4. The number of nitrogens with zero attached hydrogens (tertiary/aromatic N) is 4. The maximum atomic E-state index is 13.3. The number of piperazine rings is 1. The van der Waals surface area contributed by atoms with Gasteiger partial charge in [0, 0.05) is 55.9 Å². The summed E-state index contributed by atoms with van der Waals surface area (Å²) in [6, 6.07) is 9.70. The largest absolute Gasteiger partial charge is 0.423 e. The molecule has 1 aliphatic carbocycles. The number of hydrogen-bond acceptors (Lipinski definition) is 7. The summed E-state index contributed by atoms with van der Waals surface area (Å²) in [5, 5.41) is 14.1. The van der Waals surface area contributed by atoms with Crippen molar-refractivity contribution >= 4 is 28.2 Å². The summed E-state index contributed by atoms with van der Waals surface area (Å²) in [5.41, 5.74) is -1.95. The third-order valence-electron chi connectivity index (χ3n) is 8.19. The van der Waals surface area contributed by atoms with Crippen LogP contribution in [0.25, 0.3) is 10.9 Å². The van der Waals surface area contributed by atoms with Crippen LogP contribution in [0.15, 0.2) is 48.5 Å². The van der Waals surface area contributed by atoms with Gasteiger partial charge < -0.3 is 15.0 Å². The van der Waals surface area contributed by atoms with Crippen molar-refractivity contribution in [1.29, 1.82) is 0 Å². The van der Waals surface area contributed by atoms with Gasteiger partial charge in [-0.1, -0.05) is 12.1 Å². The number of rotatable bonds is 8. The van der Waals surface area contributed by atoms with E-state index in [9.17, 15) is 41.3 Å². The first kappa shape index (κ1) is 32.4. The van der Waals surface area contributed by atoms with E-state index in [1.165, 1.54) is 18.2 Å². The van der Waals surface area contributed by atoms with Crippen molar-refractivity contribution in [2.75, 3.05) is 38.1 Å². The number of halogens is 6. The first-order chi connectivity index (χ1) is 21.3. The van der Waals surface area contributed by atoms with E-state index in [-0.39, 0.29) is 41.3 Å². The fraction of sp³-hybridized carbons (Fsp3) is 0.467. The van der Waals surface area contributed by atoms with Crippen molar-refractivity contribution in [3.8, 4) is 0 Å². The van der Waals surface area contributed by atoms with E-state index in [0.717, 1.165) is 18.2 Å². The minimum Gasteiger partial charge on any atom is -0.382 e. The second-order valence-corrected chi connectivity index (χ2v) is 11.2. The summed E-state index contributed by atoms with van der Waals surface area (Å²) >= 11 is 0. The highest BCUT2D eigenvalue weighted by Crippen LogP contribution is 2.38. The van der Waals surface area contributed by atoms with E-state index in [1.807, 2.05) is 0 Å². The number of nitrogens with one attached hydrogen (secondary N) is 1. The van der Waals surface area contributed by atoms with Crippen LogP contribution in [-0.4, -0.2) is 70.5 Å². The molecule has 1 saturated carbocycles.